The van der Waals surface area contributed by atoms with Gasteiger partial charge in [0.1, 0.15) is 12.4 Å². The van der Waals surface area contributed by atoms with Crippen molar-refractivity contribution in [2.75, 3.05) is 19.8 Å². The molecule has 0 fully saturated rings. The first kappa shape index (κ1) is 26.4. The summed E-state index contributed by atoms with van der Waals surface area (Å²) in [5.41, 5.74) is -0.132. The minimum absolute atomic E-state index is 0.132. The Labute approximate surface area is 141 Å². The molecule has 4 heteroatoms. The lowest BCUT2D eigenvalue weighted by Gasteiger charge is -2.13. The number of Topliss-reactive ketones (excluding diaryl/α,β-unsaturated/α-hetero) is 1. The van der Waals surface area contributed by atoms with Crippen molar-refractivity contribution in [2.45, 2.75) is 47.1 Å². The van der Waals surface area contributed by atoms with Crippen LogP contribution in [-0.2, 0) is 14.3 Å². The summed E-state index contributed by atoms with van der Waals surface area (Å²) >= 11 is 0. The quantitative estimate of drug-likeness (QED) is 0.226. The van der Waals surface area contributed by atoms with E-state index in [1.54, 1.807) is 6.08 Å². The monoisotopic (exact) mass is 328 g/mol. The molecule has 134 valence electrons. The van der Waals surface area contributed by atoms with E-state index >= 15 is 0 Å². The van der Waals surface area contributed by atoms with Crippen molar-refractivity contribution < 1.29 is 18.7 Å². The van der Waals surface area contributed by atoms with Gasteiger partial charge in [-0.3, -0.25) is 4.79 Å². The molecule has 3 nitrogen and oxygen atoms in total. The molecule has 0 aromatic carbocycles. The first-order chi connectivity index (χ1) is 11.1. The normalized spacial score (nSPS) is 11.6. The second kappa shape index (κ2) is 20.5. The van der Waals surface area contributed by atoms with Crippen LogP contribution in [0.2, 0.25) is 0 Å². The number of ether oxygens (including phenoxy) is 2. The lowest BCUT2D eigenvalue weighted by Crippen LogP contribution is -2.22. The first-order valence-corrected chi connectivity index (χ1v) is 8.10. The number of hydrogen-bond acceptors (Lipinski definition) is 3. The second-order valence-electron chi connectivity index (χ2n) is 3.75. The molecule has 0 bridgehead atoms. The van der Waals surface area contributed by atoms with Gasteiger partial charge in [-0.15, -0.1) is 6.58 Å². The molecular weight excluding hydrogens is 295 g/mol. The van der Waals surface area contributed by atoms with E-state index in [-0.39, 0.29) is 12.2 Å². The molecule has 0 spiro atoms. The van der Waals surface area contributed by atoms with E-state index in [1.807, 2.05) is 34.6 Å². The van der Waals surface area contributed by atoms with Crippen LogP contribution in [0.3, 0.4) is 0 Å². The Kier molecular flexibility index (Phi) is 23.5. The van der Waals surface area contributed by atoms with E-state index in [9.17, 15) is 9.18 Å². The Morgan fingerprint density at radius 1 is 1.13 bits per heavy atom. The number of carbonyl (C=O) groups excluding carboxylic acids is 1. The van der Waals surface area contributed by atoms with E-state index in [0.29, 0.717) is 13.2 Å². The van der Waals surface area contributed by atoms with Crippen LogP contribution in [0, 0.1) is 0 Å². The molecule has 1 unspecified atom stereocenters. The standard InChI is InChI=1S/C15H21FO3.2C2H6/c1-5-9-18-10-12(6-2)19-11-15(17)13(7-3)14(16)8-4;2*1-2/h6-8,12H,2-5,9-11H2,1H3;2*1-2H3/b14-13-;;. The van der Waals surface area contributed by atoms with Crippen LogP contribution in [0.1, 0.15) is 41.0 Å². The fourth-order valence-electron chi connectivity index (χ4n) is 1.24. The smallest absolute Gasteiger partial charge is 0.191 e. The molecule has 1 atom stereocenters. The van der Waals surface area contributed by atoms with Crippen LogP contribution in [0.25, 0.3) is 0 Å². The summed E-state index contributed by atoms with van der Waals surface area (Å²) in [6.45, 7) is 20.9. The summed E-state index contributed by atoms with van der Waals surface area (Å²) in [7, 11) is 0. The molecule has 0 aromatic heterocycles. The summed E-state index contributed by atoms with van der Waals surface area (Å²) in [6.07, 6.45) is 4.16. The van der Waals surface area contributed by atoms with Gasteiger partial charge in [0.2, 0.25) is 0 Å². The largest absolute Gasteiger partial charge is 0.378 e. The maximum absolute atomic E-state index is 13.3. The lowest BCUT2D eigenvalue weighted by molar-refractivity contribution is -0.121. The molecule has 0 N–H and O–H groups in total. The molecule has 0 aliphatic carbocycles. The van der Waals surface area contributed by atoms with Gasteiger partial charge >= 0.3 is 0 Å². The Morgan fingerprint density at radius 2 is 1.70 bits per heavy atom. The highest BCUT2D eigenvalue weighted by Gasteiger charge is 2.13. The Balaban J connectivity index is -0.000000919. The summed E-state index contributed by atoms with van der Waals surface area (Å²) < 4.78 is 23.9. The summed E-state index contributed by atoms with van der Waals surface area (Å²) in [5.74, 6) is -1.20. The van der Waals surface area contributed by atoms with Crippen molar-refractivity contribution in [3.8, 4) is 0 Å². The van der Waals surface area contributed by atoms with Crippen LogP contribution < -0.4 is 0 Å². The van der Waals surface area contributed by atoms with Gasteiger partial charge in [0.25, 0.3) is 0 Å². The van der Waals surface area contributed by atoms with Gasteiger partial charge in [-0.2, -0.15) is 0 Å². The maximum atomic E-state index is 13.3. The number of carbonyl (C=O) groups is 1. The minimum atomic E-state index is -0.707. The predicted molar refractivity (Wildman–Crippen MR) is 97.3 cm³/mol. The van der Waals surface area contributed by atoms with E-state index in [1.165, 1.54) is 0 Å². The summed E-state index contributed by atoms with van der Waals surface area (Å²) in [5, 5.41) is 0. The number of ketones is 1. The highest BCUT2D eigenvalue weighted by atomic mass is 19.1. The van der Waals surface area contributed by atoms with Gasteiger partial charge in [0.05, 0.1) is 18.3 Å². The topological polar surface area (TPSA) is 35.5 Å². The zero-order valence-corrected chi connectivity index (χ0v) is 15.4. The van der Waals surface area contributed by atoms with Gasteiger partial charge in [-0.25, -0.2) is 4.39 Å². The van der Waals surface area contributed by atoms with E-state index in [2.05, 4.69) is 19.7 Å². The molecule has 0 aliphatic heterocycles. The van der Waals surface area contributed by atoms with E-state index in [0.717, 1.165) is 18.6 Å². The summed E-state index contributed by atoms with van der Waals surface area (Å²) in [4.78, 5) is 11.7. The van der Waals surface area contributed by atoms with Gasteiger partial charge in [-0.1, -0.05) is 59.9 Å². The lowest BCUT2D eigenvalue weighted by atomic mass is 10.1. The number of halogens is 1. The van der Waals surface area contributed by atoms with Crippen LogP contribution in [0.15, 0.2) is 49.4 Å². The summed E-state index contributed by atoms with van der Waals surface area (Å²) in [6, 6.07) is 0. The molecule has 23 heavy (non-hydrogen) atoms. The third kappa shape index (κ3) is 13.8. The Bertz CT molecular complexity index is 360. The van der Waals surface area contributed by atoms with E-state index < -0.39 is 17.7 Å². The van der Waals surface area contributed by atoms with Crippen molar-refractivity contribution in [1.29, 1.82) is 0 Å². The molecule has 0 amide bonds. The fraction of sp³-hybridized carbons (Fsp3) is 0.526. The maximum Gasteiger partial charge on any atom is 0.191 e. The highest BCUT2D eigenvalue weighted by molar-refractivity contribution is 5.99. The molecule has 0 rings (SSSR count). The van der Waals surface area contributed by atoms with Crippen molar-refractivity contribution in [2.24, 2.45) is 0 Å². The SMILES string of the molecule is C=C/C(F)=C(\C=C)C(=O)COC(C=C)COCCC.CC.CC. The number of allylic oxidation sites excluding steroid dienone is 3. The third-order valence-electron chi connectivity index (χ3n) is 2.26. The van der Waals surface area contributed by atoms with Crippen molar-refractivity contribution in [3.05, 3.63) is 49.4 Å². The molecule has 0 radical (unpaired) electrons. The van der Waals surface area contributed by atoms with Crippen LogP contribution in [0.4, 0.5) is 4.39 Å². The molecular formula is C19H33FO3. The fourth-order valence-corrected chi connectivity index (χ4v) is 1.24. The molecule has 0 heterocycles. The van der Waals surface area contributed by atoms with Crippen molar-refractivity contribution in [3.63, 3.8) is 0 Å². The van der Waals surface area contributed by atoms with Gasteiger partial charge in [0, 0.05) is 6.61 Å². The Morgan fingerprint density at radius 3 is 2.09 bits per heavy atom. The zero-order chi connectivity index (χ0) is 18.7. The average Bonchev–Trinajstić information content (AvgIpc) is 2.61. The Hall–Kier alpha value is -1.52. The van der Waals surface area contributed by atoms with Crippen LogP contribution in [-0.4, -0.2) is 31.7 Å². The predicted octanol–water partition coefficient (Wildman–Crippen LogP) is 5.20. The molecule has 0 saturated heterocycles. The van der Waals surface area contributed by atoms with Crippen LogP contribution >= 0.6 is 0 Å². The molecule has 0 saturated carbocycles. The number of rotatable bonds is 11. The first-order valence-electron chi connectivity index (χ1n) is 8.10. The number of hydrogen-bond donors (Lipinski definition) is 0. The van der Waals surface area contributed by atoms with Gasteiger partial charge < -0.3 is 9.47 Å². The van der Waals surface area contributed by atoms with Crippen molar-refractivity contribution in [1.82, 2.24) is 0 Å². The molecule has 0 aliphatic rings. The average molecular weight is 328 g/mol. The highest BCUT2D eigenvalue weighted by Crippen LogP contribution is 2.10. The van der Waals surface area contributed by atoms with E-state index in [4.69, 9.17) is 9.47 Å². The minimum Gasteiger partial charge on any atom is -0.378 e. The molecule has 0 aromatic rings. The van der Waals surface area contributed by atoms with Crippen molar-refractivity contribution >= 4 is 5.78 Å². The third-order valence-corrected chi connectivity index (χ3v) is 2.26. The van der Waals surface area contributed by atoms with Gasteiger partial charge in [0.15, 0.2) is 5.78 Å². The second-order valence-corrected chi connectivity index (χ2v) is 3.75. The zero-order valence-electron chi connectivity index (χ0n) is 15.4. The van der Waals surface area contributed by atoms with Gasteiger partial charge in [-0.05, 0) is 12.5 Å². The van der Waals surface area contributed by atoms with Crippen LogP contribution in [0.5, 0.6) is 0 Å².